The fourth-order valence-corrected chi connectivity index (χ4v) is 2.37. The molecule has 1 saturated heterocycles. The van der Waals surface area contributed by atoms with E-state index in [1.165, 1.54) is 0 Å². The van der Waals surface area contributed by atoms with Crippen LogP contribution in [0, 0.1) is 0 Å². The number of piperidine rings is 1. The number of carbonyl (C=O) groups excluding carboxylic acids is 1. The fraction of sp³-hybridized carbons (Fsp3) is 0.500. The molecule has 0 aromatic carbocycles. The van der Waals surface area contributed by atoms with Crippen molar-refractivity contribution in [1.29, 1.82) is 0 Å². The number of aliphatic hydroxyl groups excluding tert-OH is 1. The number of hydrogen-bond acceptors (Lipinski definition) is 3. The minimum absolute atomic E-state index is 0.108. The van der Waals surface area contributed by atoms with Crippen molar-refractivity contribution in [2.24, 2.45) is 0 Å². The summed E-state index contributed by atoms with van der Waals surface area (Å²) in [5.74, 6) is 0.108. The largest absolute Gasteiger partial charge is 0.393 e. The van der Waals surface area contributed by atoms with E-state index in [9.17, 15) is 9.90 Å². The van der Waals surface area contributed by atoms with Crippen molar-refractivity contribution in [3.63, 3.8) is 0 Å². The summed E-state index contributed by atoms with van der Waals surface area (Å²) in [5.41, 5.74) is 0.912. The van der Waals surface area contributed by atoms with Gasteiger partial charge in [0.15, 0.2) is 0 Å². The van der Waals surface area contributed by atoms with Crippen LogP contribution in [0.4, 0.5) is 0 Å². The zero-order chi connectivity index (χ0) is 12.3. The molecule has 1 aromatic heterocycles. The summed E-state index contributed by atoms with van der Waals surface area (Å²) in [4.78, 5) is 17.8. The van der Waals surface area contributed by atoms with Crippen molar-refractivity contribution in [3.05, 3.63) is 28.5 Å². The summed E-state index contributed by atoms with van der Waals surface area (Å²) < 4.78 is 0.886. The van der Waals surface area contributed by atoms with Crippen LogP contribution >= 0.6 is 15.9 Å². The van der Waals surface area contributed by atoms with Gasteiger partial charge in [0.25, 0.3) is 0 Å². The minimum Gasteiger partial charge on any atom is -0.393 e. The number of halogens is 1. The van der Waals surface area contributed by atoms with Crippen LogP contribution < -0.4 is 0 Å². The predicted molar refractivity (Wildman–Crippen MR) is 67.5 cm³/mol. The Balaban J connectivity index is 1.93. The molecule has 0 saturated carbocycles. The highest BCUT2D eigenvalue weighted by atomic mass is 79.9. The Labute approximate surface area is 109 Å². The van der Waals surface area contributed by atoms with Crippen molar-refractivity contribution in [2.45, 2.75) is 25.4 Å². The highest BCUT2D eigenvalue weighted by molar-refractivity contribution is 9.10. The number of carbonyl (C=O) groups is 1. The van der Waals surface area contributed by atoms with Crippen LogP contribution in [-0.4, -0.2) is 40.1 Å². The maximum Gasteiger partial charge on any atom is 0.227 e. The molecule has 2 rings (SSSR count). The molecule has 0 bridgehead atoms. The van der Waals surface area contributed by atoms with E-state index in [4.69, 9.17) is 0 Å². The molecule has 0 atom stereocenters. The Morgan fingerprint density at radius 3 is 2.82 bits per heavy atom. The van der Waals surface area contributed by atoms with Gasteiger partial charge in [0.1, 0.15) is 0 Å². The first-order valence-electron chi connectivity index (χ1n) is 5.70. The lowest BCUT2D eigenvalue weighted by Crippen LogP contribution is -2.40. The first-order valence-corrected chi connectivity index (χ1v) is 6.50. The number of rotatable bonds is 2. The average molecular weight is 299 g/mol. The normalized spacial score (nSPS) is 17.2. The molecular formula is C12H15BrN2O2. The van der Waals surface area contributed by atoms with Crippen molar-refractivity contribution >= 4 is 21.8 Å². The van der Waals surface area contributed by atoms with Gasteiger partial charge in [0.2, 0.25) is 5.91 Å². The van der Waals surface area contributed by atoms with E-state index in [1.54, 1.807) is 12.4 Å². The highest BCUT2D eigenvalue weighted by Crippen LogP contribution is 2.14. The summed E-state index contributed by atoms with van der Waals surface area (Å²) in [6.45, 7) is 1.31. The SMILES string of the molecule is O=C(Cc1cncc(Br)c1)N1CCC(O)CC1. The van der Waals surface area contributed by atoms with Crippen LogP contribution in [0.1, 0.15) is 18.4 Å². The predicted octanol–water partition coefficient (Wildman–Crippen LogP) is 1.37. The molecule has 1 aliphatic rings. The lowest BCUT2D eigenvalue weighted by molar-refractivity contribution is -0.132. The second-order valence-electron chi connectivity index (χ2n) is 4.30. The number of likely N-dealkylation sites (tertiary alicyclic amines) is 1. The first-order chi connectivity index (χ1) is 8.15. The topological polar surface area (TPSA) is 53.4 Å². The van der Waals surface area contributed by atoms with Crippen LogP contribution in [-0.2, 0) is 11.2 Å². The van der Waals surface area contributed by atoms with Gasteiger partial charge in [-0.1, -0.05) is 0 Å². The Bertz CT molecular complexity index is 403. The van der Waals surface area contributed by atoms with Gasteiger partial charge in [0.05, 0.1) is 12.5 Å². The molecule has 0 radical (unpaired) electrons. The Kier molecular flexibility index (Phi) is 4.12. The van der Waals surface area contributed by atoms with Crippen LogP contribution in [0.15, 0.2) is 22.9 Å². The van der Waals surface area contributed by atoms with Crippen LogP contribution in [0.5, 0.6) is 0 Å². The molecule has 17 heavy (non-hydrogen) atoms. The average Bonchev–Trinajstić information content (AvgIpc) is 2.29. The van der Waals surface area contributed by atoms with Gasteiger partial charge < -0.3 is 10.0 Å². The minimum atomic E-state index is -0.244. The molecule has 0 unspecified atom stereocenters. The van der Waals surface area contributed by atoms with Gasteiger partial charge in [-0.3, -0.25) is 9.78 Å². The molecule has 1 aromatic rings. The van der Waals surface area contributed by atoms with Gasteiger partial charge >= 0.3 is 0 Å². The quantitative estimate of drug-likeness (QED) is 0.897. The number of nitrogens with zero attached hydrogens (tertiary/aromatic N) is 2. The summed E-state index contributed by atoms with van der Waals surface area (Å²) in [6.07, 6.45) is 4.91. The lowest BCUT2D eigenvalue weighted by Gasteiger charge is -2.29. The van der Waals surface area contributed by atoms with Gasteiger partial charge in [-0.2, -0.15) is 0 Å². The van der Waals surface area contributed by atoms with Crippen LogP contribution in [0.3, 0.4) is 0 Å². The molecule has 1 N–H and O–H groups in total. The molecule has 92 valence electrons. The van der Waals surface area contributed by atoms with E-state index in [1.807, 2.05) is 11.0 Å². The second-order valence-corrected chi connectivity index (χ2v) is 5.22. The zero-order valence-electron chi connectivity index (χ0n) is 9.47. The number of aliphatic hydroxyl groups is 1. The van der Waals surface area contributed by atoms with Crippen molar-refractivity contribution in [2.75, 3.05) is 13.1 Å². The maximum absolute atomic E-state index is 12.0. The van der Waals surface area contributed by atoms with E-state index >= 15 is 0 Å². The smallest absolute Gasteiger partial charge is 0.227 e. The summed E-state index contributed by atoms with van der Waals surface area (Å²) in [5, 5.41) is 9.38. The lowest BCUT2D eigenvalue weighted by atomic mass is 10.1. The van der Waals surface area contributed by atoms with Crippen molar-refractivity contribution < 1.29 is 9.90 Å². The molecule has 0 aliphatic carbocycles. The summed E-state index contributed by atoms with van der Waals surface area (Å²) >= 11 is 3.34. The van der Waals surface area contributed by atoms with Crippen molar-refractivity contribution in [1.82, 2.24) is 9.88 Å². The first kappa shape index (κ1) is 12.5. The van der Waals surface area contributed by atoms with Gasteiger partial charge in [0, 0.05) is 30.0 Å². The second kappa shape index (κ2) is 5.60. The molecule has 1 amide bonds. The molecule has 1 fully saturated rings. The summed E-state index contributed by atoms with van der Waals surface area (Å²) in [7, 11) is 0. The molecule has 2 heterocycles. The van der Waals surface area contributed by atoms with E-state index in [2.05, 4.69) is 20.9 Å². The monoisotopic (exact) mass is 298 g/mol. The van der Waals surface area contributed by atoms with Crippen LogP contribution in [0.25, 0.3) is 0 Å². The maximum atomic E-state index is 12.0. The number of amides is 1. The van der Waals surface area contributed by atoms with Gasteiger partial charge in [-0.25, -0.2) is 0 Å². The van der Waals surface area contributed by atoms with Crippen LogP contribution in [0.2, 0.25) is 0 Å². The molecule has 0 spiro atoms. The molecular weight excluding hydrogens is 284 g/mol. The fourth-order valence-electron chi connectivity index (χ4n) is 1.95. The Hall–Kier alpha value is -0.940. The third-order valence-electron chi connectivity index (χ3n) is 2.93. The van der Waals surface area contributed by atoms with E-state index in [0.29, 0.717) is 32.4 Å². The number of pyridine rings is 1. The Morgan fingerprint density at radius 2 is 2.18 bits per heavy atom. The standard InChI is InChI=1S/C12H15BrN2O2/c13-10-5-9(7-14-8-10)6-12(17)15-3-1-11(16)2-4-15/h5,7-8,11,16H,1-4,6H2. The van der Waals surface area contributed by atoms with Crippen molar-refractivity contribution in [3.8, 4) is 0 Å². The van der Waals surface area contributed by atoms with E-state index < -0.39 is 0 Å². The van der Waals surface area contributed by atoms with E-state index in [-0.39, 0.29) is 12.0 Å². The third-order valence-corrected chi connectivity index (χ3v) is 3.37. The molecule has 1 aliphatic heterocycles. The molecule has 4 nitrogen and oxygen atoms in total. The number of aromatic nitrogens is 1. The van der Waals surface area contributed by atoms with Gasteiger partial charge in [-0.15, -0.1) is 0 Å². The van der Waals surface area contributed by atoms with Gasteiger partial charge in [-0.05, 0) is 40.4 Å². The highest BCUT2D eigenvalue weighted by Gasteiger charge is 2.21. The van der Waals surface area contributed by atoms with E-state index in [0.717, 1.165) is 10.0 Å². The zero-order valence-corrected chi connectivity index (χ0v) is 11.1. The third kappa shape index (κ3) is 3.51. The molecule has 5 heteroatoms. The summed E-state index contributed by atoms with van der Waals surface area (Å²) in [6, 6.07) is 1.91. The number of hydrogen-bond donors (Lipinski definition) is 1. The Morgan fingerprint density at radius 1 is 1.47 bits per heavy atom.